The van der Waals surface area contributed by atoms with Crippen LogP contribution in [0.3, 0.4) is 0 Å². The number of hydrogen-bond acceptors (Lipinski definition) is 6. The number of ketones is 1. The number of rotatable bonds is 7. The van der Waals surface area contributed by atoms with Gasteiger partial charge >= 0.3 is 11.7 Å². The van der Waals surface area contributed by atoms with Crippen molar-refractivity contribution in [3.8, 4) is 0 Å². The number of aliphatic hydroxyl groups is 1. The van der Waals surface area contributed by atoms with Gasteiger partial charge < -0.3 is 9.84 Å². The summed E-state index contributed by atoms with van der Waals surface area (Å²) in [7, 11) is 1.02. The average molecular weight is 438 g/mol. The van der Waals surface area contributed by atoms with Crippen molar-refractivity contribution in [3.05, 3.63) is 116 Å². The van der Waals surface area contributed by atoms with Gasteiger partial charge in [0.25, 0.3) is 5.56 Å². The van der Waals surface area contributed by atoms with Gasteiger partial charge in [-0.2, -0.15) is 0 Å². The van der Waals surface area contributed by atoms with Crippen molar-refractivity contribution >= 4 is 11.8 Å². The molecule has 0 bridgehead atoms. The van der Waals surface area contributed by atoms with Crippen LogP contribution in [0.1, 0.15) is 21.5 Å². The van der Waals surface area contributed by atoms with Gasteiger partial charge in [0.05, 0.1) is 20.2 Å². The number of carbonyl (C=O) groups is 2. The Balaban J connectivity index is 2.13. The van der Waals surface area contributed by atoms with E-state index in [2.05, 4.69) is 4.74 Å². The maximum Gasteiger partial charge on any atom is 0.373 e. The lowest BCUT2D eigenvalue weighted by atomic mass is 10.1. The van der Waals surface area contributed by atoms with Crippen molar-refractivity contribution in [2.24, 2.45) is 0 Å². The van der Waals surface area contributed by atoms with Crippen molar-refractivity contribution in [1.82, 2.24) is 9.13 Å². The number of nitrogens with zero attached hydrogens (tertiary/aromatic N) is 2. The van der Waals surface area contributed by atoms with E-state index in [0.29, 0.717) is 11.6 Å². The maximum atomic E-state index is 13.2. The van der Waals surface area contributed by atoms with Crippen LogP contribution in [0, 0.1) is 5.82 Å². The number of aromatic nitrogens is 2. The summed E-state index contributed by atoms with van der Waals surface area (Å²) in [5, 5.41) is 9.68. The normalized spacial score (nSPS) is 11.2. The summed E-state index contributed by atoms with van der Waals surface area (Å²) < 4.78 is 19.6. The van der Waals surface area contributed by atoms with E-state index in [1.165, 1.54) is 28.8 Å². The number of hydrogen-bond donors (Lipinski definition) is 1. The van der Waals surface area contributed by atoms with E-state index < -0.39 is 40.1 Å². The first kappa shape index (κ1) is 22.4. The van der Waals surface area contributed by atoms with Gasteiger partial charge in [0, 0.05) is 12.3 Å². The van der Waals surface area contributed by atoms with Gasteiger partial charge in [-0.25, -0.2) is 14.0 Å². The predicted octanol–water partition coefficient (Wildman–Crippen LogP) is 2.04. The first-order valence-electron chi connectivity index (χ1n) is 9.46. The SMILES string of the molecule is COC(=O)C(O)=CC(=O)c1cn(Cc2ccccc2)c(=O)n(Cc2ccc(F)cc2)c1=O. The molecule has 3 rings (SSSR count). The third kappa shape index (κ3) is 5.07. The molecule has 32 heavy (non-hydrogen) atoms. The Kier molecular flexibility index (Phi) is 6.79. The van der Waals surface area contributed by atoms with Gasteiger partial charge in [0.1, 0.15) is 11.4 Å². The summed E-state index contributed by atoms with van der Waals surface area (Å²) in [5.41, 5.74) is -0.816. The number of ether oxygens (including phenoxy) is 1. The third-order valence-corrected chi connectivity index (χ3v) is 4.61. The quantitative estimate of drug-likeness (QED) is 0.262. The zero-order chi connectivity index (χ0) is 23.3. The highest BCUT2D eigenvalue weighted by Crippen LogP contribution is 2.06. The molecule has 0 aliphatic rings. The van der Waals surface area contributed by atoms with E-state index >= 15 is 0 Å². The minimum atomic E-state index is -1.15. The molecule has 8 nitrogen and oxygen atoms in total. The number of halogens is 1. The molecule has 0 fully saturated rings. The largest absolute Gasteiger partial charge is 0.502 e. The lowest BCUT2D eigenvalue weighted by Crippen LogP contribution is -2.42. The van der Waals surface area contributed by atoms with Crippen LogP contribution < -0.4 is 11.2 Å². The maximum absolute atomic E-state index is 13.2. The Bertz CT molecular complexity index is 1290. The summed E-state index contributed by atoms with van der Waals surface area (Å²) in [6, 6.07) is 14.1. The van der Waals surface area contributed by atoms with Gasteiger partial charge in [0.15, 0.2) is 5.78 Å². The molecule has 0 aliphatic heterocycles. The fourth-order valence-electron chi connectivity index (χ4n) is 2.99. The molecule has 1 aromatic heterocycles. The van der Waals surface area contributed by atoms with Gasteiger partial charge in [-0.05, 0) is 23.3 Å². The van der Waals surface area contributed by atoms with E-state index in [-0.39, 0.29) is 13.1 Å². The highest BCUT2D eigenvalue weighted by Gasteiger charge is 2.19. The monoisotopic (exact) mass is 438 g/mol. The highest BCUT2D eigenvalue weighted by atomic mass is 19.1. The van der Waals surface area contributed by atoms with Crippen LogP contribution in [0.4, 0.5) is 4.39 Å². The van der Waals surface area contributed by atoms with Crippen molar-refractivity contribution in [2.75, 3.05) is 7.11 Å². The van der Waals surface area contributed by atoms with E-state index in [9.17, 15) is 28.7 Å². The average Bonchev–Trinajstić information content (AvgIpc) is 2.79. The van der Waals surface area contributed by atoms with Crippen molar-refractivity contribution in [3.63, 3.8) is 0 Å². The zero-order valence-electron chi connectivity index (χ0n) is 17.0. The molecule has 9 heteroatoms. The Morgan fingerprint density at radius 2 is 1.62 bits per heavy atom. The predicted molar refractivity (Wildman–Crippen MR) is 113 cm³/mol. The van der Waals surface area contributed by atoms with Crippen LogP contribution in [-0.4, -0.2) is 33.1 Å². The summed E-state index contributed by atoms with van der Waals surface area (Å²) in [4.78, 5) is 50.0. The van der Waals surface area contributed by atoms with E-state index in [1.807, 2.05) is 0 Å². The molecule has 0 atom stereocenters. The smallest absolute Gasteiger partial charge is 0.373 e. The summed E-state index contributed by atoms with van der Waals surface area (Å²) in [5.74, 6) is -3.59. The van der Waals surface area contributed by atoms with Crippen LogP contribution in [0.25, 0.3) is 0 Å². The van der Waals surface area contributed by atoms with Crippen molar-refractivity contribution in [2.45, 2.75) is 13.1 Å². The van der Waals surface area contributed by atoms with E-state index in [0.717, 1.165) is 23.4 Å². The Hall–Kier alpha value is -4.27. The molecular formula is C23H19FN2O6. The van der Waals surface area contributed by atoms with Crippen LogP contribution in [0.2, 0.25) is 0 Å². The Labute approximate surface area is 181 Å². The third-order valence-electron chi connectivity index (χ3n) is 4.61. The lowest BCUT2D eigenvalue weighted by molar-refractivity contribution is -0.139. The molecule has 0 radical (unpaired) electrons. The molecule has 0 spiro atoms. The summed E-state index contributed by atoms with van der Waals surface area (Å²) in [6.45, 7) is -0.142. The molecule has 3 aromatic rings. The molecule has 1 heterocycles. The Morgan fingerprint density at radius 3 is 2.25 bits per heavy atom. The zero-order valence-corrected chi connectivity index (χ0v) is 17.0. The number of allylic oxidation sites excluding steroid dienone is 1. The first-order chi connectivity index (χ1) is 15.3. The van der Waals surface area contributed by atoms with Crippen LogP contribution in [0.5, 0.6) is 0 Å². The number of aliphatic hydroxyl groups excluding tert-OH is 1. The topological polar surface area (TPSA) is 108 Å². The van der Waals surface area contributed by atoms with Gasteiger partial charge in [0.2, 0.25) is 5.76 Å². The van der Waals surface area contributed by atoms with Crippen LogP contribution in [0.15, 0.2) is 82.2 Å². The molecular weight excluding hydrogens is 419 g/mol. The molecule has 1 N–H and O–H groups in total. The molecule has 0 saturated carbocycles. The van der Waals surface area contributed by atoms with Crippen LogP contribution in [-0.2, 0) is 22.6 Å². The molecule has 0 unspecified atom stereocenters. The van der Waals surface area contributed by atoms with Gasteiger partial charge in [-0.3, -0.25) is 18.7 Å². The highest BCUT2D eigenvalue weighted by molar-refractivity contribution is 6.07. The fourth-order valence-corrected chi connectivity index (χ4v) is 2.99. The summed E-state index contributed by atoms with van der Waals surface area (Å²) in [6.07, 6.45) is 1.64. The second kappa shape index (κ2) is 9.69. The van der Waals surface area contributed by atoms with Crippen LogP contribution >= 0.6 is 0 Å². The molecule has 0 amide bonds. The van der Waals surface area contributed by atoms with E-state index in [1.54, 1.807) is 30.3 Å². The van der Waals surface area contributed by atoms with E-state index in [4.69, 9.17) is 0 Å². The number of benzene rings is 2. The second-order valence-electron chi connectivity index (χ2n) is 6.84. The molecule has 0 saturated heterocycles. The number of esters is 1. The van der Waals surface area contributed by atoms with Crippen molar-refractivity contribution in [1.29, 1.82) is 0 Å². The lowest BCUT2D eigenvalue weighted by Gasteiger charge is -2.13. The van der Waals surface area contributed by atoms with Gasteiger partial charge in [-0.15, -0.1) is 0 Å². The Morgan fingerprint density at radius 1 is 1.00 bits per heavy atom. The number of carbonyl (C=O) groups excluding carboxylic acids is 2. The summed E-state index contributed by atoms with van der Waals surface area (Å²) >= 11 is 0. The second-order valence-corrected chi connectivity index (χ2v) is 6.84. The standard InChI is InChI=1S/C23H19FN2O6/c1-32-22(30)20(28)11-19(27)18-14-25(12-15-5-3-2-4-6-15)23(31)26(21(18)29)13-16-7-9-17(24)10-8-16/h2-11,14,28H,12-13H2,1H3. The van der Waals surface area contributed by atoms with Crippen molar-refractivity contribution < 1.29 is 23.8 Å². The minimum absolute atomic E-state index is 0.0658. The molecule has 2 aromatic carbocycles. The minimum Gasteiger partial charge on any atom is -0.502 e. The first-order valence-corrected chi connectivity index (χ1v) is 9.46. The van der Waals surface area contributed by atoms with Gasteiger partial charge in [-0.1, -0.05) is 42.5 Å². The fraction of sp³-hybridized carbons (Fsp3) is 0.130. The number of methoxy groups -OCH3 is 1. The molecule has 164 valence electrons. The molecule has 0 aliphatic carbocycles.